The fraction of sp³-hybridized carbons (Fsp3) is 0.533. The molecule has 1 aliphatic rings. The van der Waals surface area contributed by atoms with E-state index in [1.165, 1.54) is 5.56 Å². The van der Waals surface area contributed by atoms with Gasteiger partial charge < -0.3 is 4.74 Å². The number of hydrogen-bond donors (Lipinski definition) is 1. The Hall–Kier alpha value is -1.53. The molecular weight excluding hydrogens is 224 g/mol. The number of likely N-dealkylation sites (N-methyl/N-ethyl adjacent to an activating group) is 1. The number of nitrogens with one attached hydrogen (secondary N) is 1. The molecule has 0 saturated heterocycles. The van der Waals surface area contributed by atoms with Crippen LogP contribution < -0.4 is 10.1 Å². The van der Waals surface area contributed by atoms with Crippen molar-refractivity contribution >= 4 is 0 Å². The van der Waals surface area contributed by atoms with E-state index < -0.39 is 5.54 Å². The van der Waals surface area contributed by atoms with Crippen molar-refractivity contribution < 1.29 is 4.74 Å². The Bertz CT molecular complexity index is 448. The molecule has 0 spiro atoms. The lowest BCUT2D eigenvalue weighted by Gasteiger charge is -2.26. The van der Waals surface area contributed by atoms with Crippen LogP contribution in [0.3, 0.4) is 0 Å². The van der Waals surface area contributed by atoms with E-state index in [4.69, 9.17) is 4.74 Å². The molecular formula is C15H20N2O. The molecule has 1 aromatic carbocycles. The van der Waals surface area contributed by atoms with Gasteiger partial charge in [-0.25, -0.2) is 0 Å². The number of rotatable bonds is 6. The van der Waals surface area contributed by atoms with Crippen LogP contribution in [0.15, 0.2) is 24.3 Å². The van der Waals surface area contributed by atoms with Gasteiger partial charge in [-0.3, -0.25) is 5.32 Å². The lowest BCUT2D eigenvalue weighted by Crippen LogP contribution is -2.49. The molecule has 1 saturated carbocycles. The molecule has 96 valence electrons. The summed E-state index contributed by atoms with van der Waals surface area (Å²) < 4.78 is 5.81. The minimum absolute atomic E-state index is 0.415. The fourth-order valence-corrected chi connectivity index (χ4v) is 2.20. The van der Waals surface area contributed by atoms with Gasteiger partial charge in [0, 0.05) is 0 Å². The van der Waals surface area contributed by atoms with Crippen molar-refractivity contribution in [1.82, 2.24) is 5.32 Å². The second kappa shape index (κ2) is 5.41. The molecule has 1 atom stereocenters. The summed E-state index contributed by atoms with van der Waals surface area (Å²) in [5.41, 5.74) is 0.730. The highest BCUT2D eigenvalue weighted by Gasteiger charge is 2.45. The van der Waals surface area contributed by atoms with Crippen molar-refractivity contribution in [2.24, 2.45) is 5.92 Å². The second-order valence-corrected chi connectivity index (χ2v) is 4.90. The minimum Gasteiger partial charge on any atom is -0.491 e. The number of benzene rings is 1. The van der Waals surface area contributed by atoms with Crippen LogP contribution in [0.4, 0.5) is 0 Å². The van der Waals surface area contributed by atoms with E-state index in [1.807, 2.05) is 25.2 Å². The molecule has 0 heterocycles. The van der Waals surface area contributed by atoms with Gasteiger partial charge in [0.1, 0.15) is 17.9 Å². The largest absolute Gasteiger partial charge is 0.491 e. The maximum absolute atomic E-state index is 9.37. The maximum Gasteiger partial charge on any atom is 0.143 e. The van der Waals surface area contributed by atoms with Gasteiger partial charge in [-0.2, -0.15) is 5.26 Å². The van der Waals surface area contributed by atoms with Crippen molar-refractivity contribution in [2.75, 3.05) is 13.7 Å². The van der Waals surface area contributed by atoms with Crippen LogP contribution in [0.5, 0.6) is 5.75 Å². The molecule has 1 unspecified atom stereocenters. The number of ether oxygens (including phenoxy) is 1. The van der Waals surface area contributed by atoms with E-state index in [0.29, 0.717) is 12.5 Å². The van der Waals surface area contributed by atoms with Crippen LogP contribution in [-0.2, 0) is 6.42 Å². The van der Waals surface area contributed by atoms with Gasteiger partial charge in [0.2, 0.25) is 0 Å². The summed E-state index contributed by atoms with van der Waals surface area (Å²) in [7, 11) is 1.84. The molecule has 0 amide bonds. The Morgan fingerprint density at radius 1 is 1.50 bits per heavy atom. The van der Waals surface area contributed by atoms with Crippen LogP contribution in [-0.4, -0.2) is 19.2 Å². The quantitative estimate of drug-likeness (QED) is 0.836. The highest BCUT2D eigenvalue weighted by molar-refractivity contribution is 5.29. The van der Waals surface area contributed by atoms with Crippen molar-refractivity contribution in [1.29, 1.82) is 5.26 Å². The Labute approximate surface area is 109 Å². The summed E-state index contributed by atoms with van der Waals surface area (Å²) in [6.07, 6.45) is 3.23. The van der Waals surface area contributed by atoms with Gasteiger partial charge in [-0.15, -0.1) is 0 Å². The summed E-state index contributed by atoms with van der Waals surface area (Å²) in [4.78, 5) is 0. The van der Waals surface area contributed by atoms with E-state index in [-0.39, 0.29) is 0 Å². The smallest absolute Gasteiger partial charge is 0.143 e. The number of nitriles is 1. The molecule has 1 fully saturated rings. The third kappa shape index (κ3) is 2.65. The molecule has 0 radical (unpaired) electrons. The molecule has 0 aliphatic heterocycles. The zero-order chi connectivity index (χ0) is 13.0. The zero-order valence-corrected chi connectivity index (χ0v) is 11.1. The SMILES string of the molecule is CCc1cccc(OCC(C#N)(NC)C2CC2)c1. The second-order valence-electron chi connectivity index (χ2n) is 4.90. The third-order valence-electron chi connectivity index (χ3n) is 3.69. The fourth-order valence-electron chi connectivity index (χ4n) is 2.20. The van der Waals surface area contributed by atoms with E-state index in [0.717, 1.165) is 25.0 Å². The van der Waals surface area contributed by atoms with E-state index in [2.05, 4.69) is 24.4 Å². The van der Waals surface area contributed by atoms with Gasteiger partial charge in [0.25, 0.3) is 0 Å². The monoisotopic (exact) mass is 244 g/mol. The van der Waals surface area contributed by atoms with Crippen LogP contribution in [0.25, 0.3) is 0 Å². The van der Waals surface area contributed by atoms with Crippen molar-refractivity contribution in [3.63, 3.8) is 0 Å². The summed E-state index contributed by atoms with van der Waals surface area (Å²) in [5, 5.41) is 12.5. The van der Waals surface area contributed by atoms with Crippen molar-refractivity contribution in [3.05, 3.63) is 29.8 Å². The molecule has 1 aromatic rings. The van der Waals surface area contributed by atoms with Gasteiger partial charge in [-0.05, 0) is 49.9 Å². The normalized spacial score (nSPS) is 17.8. The highest BCUT2D eigenvalue weighted by atomic mass is 16.5. The number of nitrogens with zero attached hydrogens (tertiary/aromatic N) is 1. The molecule has 3 heteroatoms. The lowest BCUT2D eigenvalue weighted by molar-refractivity contribution is 0.210. The van der Waals surface area contributed by atoms with Crippen LogP contribution in [0.2, 0.25) is 0 Å². The van der Waals surface area contributed by atoms with Crippen LogP contribution in [0, 0.1) is 17.2 Å². The summed E-state index contributed by atoms with van der Waals surface area (Å²) in [6.45, 7) is 2.54. The molecule has 3 nitrogen and oxygen atoms in total. The predicted octanol–water partition coefficient (Wildman–Crippen LogP) is 2.52. The third-order valence-corrected chi connectivity index (χ3v) is 3.69. The van der Waals surface area contributed by atoms with Gasteiger partial charge in [0.15, 0.2) is 0 Å². The molecule has 18 heavy (non-hydrogen) atoms. The van der Waals surface area contributed by atoms with E-state index >= 15 is 0 Å². The summed E-state index contributed by atoms with van der Waals surface area (Å²) in [6, 6.07) is 10.5. The minimum atomic E-state index is -0.526. The van der Waals surface area contributed by atoms with Gasteiger partial charge >= 0.3 is 0 Å². The average molecular weight is 244 g/mol. The highest BCUT2D eigenvalue weighted by Crippen LogP contribution is 2.39. The van der Waals surface area contributed by atoms with Gasteiger partial charge in [0.05, 0.1) is 6.07 Å². The Morgan fingerprint density at radius 3 is 2.83 bits per heavy atom. The first-order chi connectivity index (χ1) is 8.74. The zero-order valence-electron chi connectivity index (χ0n) is 11.1. The Kier molecular flexibility index (Phi) is 3.88. The Balaban J connectivity index is 2.03. The first-order valence-electron chi connectivity index (χ1n) is 6.56. The van der Waals surface area contributed by atoms with Crippen molar-refractivity contribution in [2.45, 2.75) is 31.7 Å². The topological polar surface area (TPSA) is 45.0 Å². The molecule has 0 bridgehead atoms. The van der Waals surface area contributed by atoms with E-state index in [1.54, 1.807) is 0 Å². The molecule has 1 N–H and O–H groups in total. The molecule has 2 rings (SSSR count). The summed E-state index contributed by atoms with van der Waals surface area (Å²) >= 11 is 0. The maximum atomic E-state index is 9.37. The molecule has 1 aliphatic carbocycles. The summed E-state index contributed by atoms with van der Waals surface area (Å²) in [5.74, 6) is 1.28. The average Bonchev–Trinajstić information content (AvgIpc) is 3.26. The Morgan fingerprint density at radius 2 is 2.28 bits per heavy atom. The predicted molar refractivity (Wildman–Crippen MR) is 71.4 cm³/mol. The number of aryl methyl sites for hydroxylation is 1. The first kappa shape index (κ1) is 12.9. The van der Waals surface area contributed by atoms with Crippen LogP contribution >= 0.6 is 0 Å². The van der Waals surface area contributed by atoms with Crippen molar-refractivity contribution in [3.8, 4) is 11.8 Å². The van der Waals surface area contributed by atoms with Crippen LogP contribution in [0.1, 0.15) is 25.3 Å². The number of hydrogen-bond acceptors (Lipinski definition) is 3. The van der Waals surface area contributed by atoms with E-state index in [9.17, 15) is 5.26 Å². The van der Waals surface area contributed by atoms with Gasteiger partial charge in [-0.1, -0.05) is 19.1 Å². The molecule has 0 aromatic heterocycles. The standard InChI is InChI=1S/C15H20N2O/c1-3-12-5-4-6-14(9-12)18-11-15(10-16,17-2)13-7-8-13/h4-6,9,13,17H,3,7-8,11H2,1-2H3. The first-order valence-corrected chi connectivity index (χ1v) is 6.56. The lowest BCUT2D eigenvalue weighted by atomic mass is 9.96.